The molecule has 6 nitrogen and oxygen atoms in total. The van der Waals surface area contributed by atoms with Crippen LogP contribution < -0.4 is 10.5 Å². The standard InChI is InChI=1S/C12H13F3N2O4/c13-12(14,15)21-10-2-1-6(3-7(10)16)11(20)17-4-8(18)9(19)5-17/h1-3,8-9,18-19H,4-5,16H2. The molecule has 1 aliphatic heterocycles. The van der Waals surface area contributed by atoms with Crippen LogP contribution in [-0.4, -0.2) is 52.7 Å². The topological polar surface area (TPSA) is 96.0 Å². The van der Waals surface area contributed by atoms with Crippen molar-refractivity contribution in [3.8, 4) is 5.75 Å². The van der Waals surface area contributed by atoms with Gasteiger partial charge in [-0.1, -0.05) is 0 Å². The highest BCUT2D eigenvalue weighted by molar-refractivity contribution is 5.95. The SMILES string of the molecule is Nc1cc(C(=O)N2CC(O)C(O)C2)ccc1OC(F)(F)F. The number of ether oxygens (including phenoxy) is 1. The Labute approximate surface area is 117 Å². The zero-order valence-corrected chi connectivity index (χ0v) is 10.7. The van der Waals surface area contributed by atoms with Gasteiger partial charge in [0.1, 0.15) is 0 Å². The molecule has 1 saturated heterocycles. The van der Waals surface area contributed by atoms with Gasteiger partial charge in [-0.25, -0.2) is 0 Å². The number of β-amino-alcohol motifs (C(OH)–C–C–N with tert-alkyl or cyclic N) is 2. The molecule has 1 aromatic carbocycles. The molecule has 1 aliphatic rings. The first-order valence-corrected chi connectivity index (χ1v) is 5.98. The summed E-state index contributed by atoms with van der Waals surface area (Å²) in [5, 5.41) is 18.8. The highest BCUT2D eigenvalue weighted by Gasteiger charge is 2.34. The summed E-state index contributed by atoms with van der Waals surface area (Å²) in [4.78, 5) is 13.3. The number of nitrogens with two attached hydrogens (primary N) is 1. The van der Waals surface area contributed by atoms with Crippen LogP contribution in [0.4, 0.5) is 18.9 Å². The molecule has 1 fully saturated rings. The fraction of sp³-hybridized carbons (Fsp3) is 0.417. The molecule has 0 bridgehead atoms. The first-order valence-electron chi connectivity index (χ1n) is 5.98. The minimum Gasteiger partial charge on any atom is -0.404 e. The van der Waals surface area contributed by atoms with E-state index in [0.717, 1.165) is 18.2 Å². The van der Waals surface area contributed by atoms with Gasteiger partial charge in [0.25, 0.3) is 5.91 Å². The van der Waals surface area contributed by atoms with Gasteiger partial charge >= 0.3 is 6.36 Å². The number of carbonyl (C=O) groups is 1. The van der Waals surface area contributed by atoms with Gasteiger partial charge in [-0.15, -0.1) is 13.2 Å². The normalized spacial score (nSPS) is 22.4. The van der Waals surface area contributed by atoms with Crippen molar-refractivity contribution in [2.75, 3.05) is 18.8 Å². The third-order valence-corrected chi connectivity index (χ3v) is 3.03. The Bertz CT molecular complexity index is 540. The van der Waals surface area contributed by atoms with E-state index >= 15 is 0 Å². The fourth-order valence-electron chi connectivity index (χ4n) is 2.02. The van der Waals surface area contributed by atoms with E-state index in [4.69, 9.17) is 5.73 Å². The van der Waals surface area contributed by atoms with Gasteiger partial charge in [-0.2, -0.15) is 0 Å². The second-order valence-electron chi connectivity index (χ2n) is 4.65. The first-order chi connectivity index (χ1) is 9.67. The van der Waals surface area contributed by atoms with Crippen molar-refractivity contribution in [1.29, 1.82) is 0 Å². The molecule has 21 heavy (non-hydrogen) atoms. The number of rotatable bonds is 2. The predicted molar refractivity (Wildman–Crippen MR) is 65.5 cm³/mol. The van der Waals surface area contributed by atoms with Gasteiger partial charge < -0.3 is 25.6 Å². The number of carbonyl (C=O) groups excluding carboxylic acids is 1. The predicted octanol–water partition coefficient (Wildman–Crippen LogP) is 0.345. The van der Waals surface area contributed by atoms with E-state index in [1.807, 2.05) is 0 Å². The van der Waals surface area contributed by atoms with Crippen LogP contribution in [0.3, 0.4) is 0 Å². The quantitative estimate of drug-likeness (QED) is 0.685. The molecular formula is C12H13F3N2O4. The van der Waals surface area contributed by atoms with Gasteiger partial charge in [0.05, 0.1) is 17.9 Å². The monoisotopic (exact) mass is 306 g/mol. The van der Waals surface area contributed by atoms with E-state index in [9.17, 15) is 28.2 Å². The Kier molecular flexibility index (Phi) is 3.97. The molecular weight excluding hydrogens is 293 g/mol. The molecule has 0 aromatic heterocycles. The number of aliphatic hydroxyl groups is 2. The molecule has 116 valence electrons. The molecule has 0 saturated carbocycles. The number of hydrogen-bond donors (Lipinski definition) is 3. The number of amides is 1. The number of nitrogen functional groups attached to an aromatic ring is 1. The lowest BCUT2D eigenvalue weighted by Crippen LogP contribution is -2.29. The summed E-state index contributed by atoms with van der Waals surface area (Å²) >= 11 is 0. The summed E-state index contributed by atoms with van der Waals surface area (Å²) in [6.45, 7) is -0.110. The molecule has 1 aromatic rings. The minimum absolute atomic E-state index is 0.0447. The van der Waals surface area contributed by atoms with E-state index < -0.39 is 30.2 Å². The first kappa shape index (κ1) is 15.4. The van der Waals surface area contributed by atoms with Crippen molar-refractivity contribution in [1.82, 2.24) is 4.90 Å². The average molecular weight is 306 g/mol. The fourth-order valence-corrected chi connectivity index (χ4v) is 2.02. The Morgan fingerprint density at radius 2 is 1.86 bits per heavy atom. The van der Waals surface area contributed by atoms with Crippen LogP contribution in [0.25, 0.3) is 0 Å². The maximum absolute atomic E-state index is 12.1. The van der Waals surface area contributed by atoms with Crippen LogP contribution >= 0.6 is 0 Å². The zero-order valence-electron chi connectivity index (χ0n) is 10.7. The number of nitrogens with zero attached hydrogens (tertiary/aromatic N) is 1. The lowest BCUT2D eigenvalue weighted by molar-refractivity contribution is -0.274. The molecule has 2 unspecified atom stereocenters. The highest BCUT2D eigenvalue weighted by atomic mass is 19.4. The third kappa shape index (κ3) is 3.56. The zero-order chi connectivity index (χ0) is 15.8. The second kappa shape index (κ2) is 5.41. The van der Waals surface area contributed by atoms with Gasteiger partial charge in [-0.3, -0.25) is 4.79 Å². The summed E-state index contributed by atoms with van der Waals surface area (Å²) in [5.74, 6) is -1.14. The molecule has 0 aliphatic carbocycles. The smallest absolute Gasteiger partial charge is 0.404 e. The summed E-state index contributed by atoms with van der Waals surface area (Å²) in [7, 11) is 0. The van der Waals surface area contributed by atoms with Crippen molar-refractivity contribution >= 4 is 11.6 Å². The summed E-state index contributed by atoms with van der Waals surface area (Å²) in [6.07, 6.45) is -6.96. The number of benzene rings is 1. The molecule has 1 amide bonds. The Balaban J connectivity index is 2.15. The number of halogens is 3. The molecule has 2 rings (SSSR count). The van der Waals surface area contributed by atoms with Crippen LogP contribution in [0.2, 0.25) is 0 Å². The molecule has 9 heteroatoms. The maximum Gasteiger partial charge on any atom is 0.573 e. The lowest BCUT2D eigenvalue weighted by Gasteiger charge is -2.17. The van der Waals surface area contributed by atoms with Gasteiger partial charge in [0.15, 0.2) is 5.75 Å². The third-order valence-electron chi connectivity index (χ3n) is 3.03. The van der Waals surface area contributed by atoms with Crippen molar-refractivity contribution in [3.63, 3.8) is 0 Å². The highest BCUT2D eigenvalue weighted by Crippen LogP contribution is 2.29. The maximum atomic E-state index is 12.1. The summed E-state index contributed by atoms with van der Waals surface area (Å²) in [5.41, 5.74) is 5.14. The van der Waals surface area contributed by atoms with E-state index in [1.54, 1.807) is 0 Å². The number of anilines is 1. The van der Waals surface area contributed by atoms with E-state index in [-0.39, 0.29) is 24.3 Å². The summed E-state index contributed by atoms with van der Waals surface area (Å²) < 4.78 is 40.0. The Morgan fingerprint density at radius 1 is 1.29 bits per heavy atom. The number of alkyl halides is 3. The lowest BCUT2D eigenvalue weighted by atomic mass is 10.1. The van der Waals surface area contributed by atoms with Crippen LogP contribution in [0.5, 0.6) is 5.75 Å². The van der Waals surface area contributed by atoms with E-state index in [2.05, 4.69) is 4.74 Å². The summed E-state index contributed by atoms with van der Waals surface area (Å²) in [6, 6.07) is 3.14. The molecule has 2 atom stereocenters. The van der Waals surface area contributed by atoms with E-state index in [1.165, 1.54) is 4.90 Å². The van der Waals surface area contributed by atoms with Crippen LogP contribution in [0, 0.1) is 0 Å². The average Bonchev–Trinajstić information content (AvgIpc) is 2.70. The van der Waals surface area contributed by atoms with Crippen molar-refractivity contribution < 1.29 is 32.9 Å². The molecule has 0 radical (unpaired) electrons. The van der Waals surface area contributed by atoms with Crippen LogP contribution in [0.1, 0.15) is 10.4 Å². The second-order valence-corrected chi connectivity index (χ2v) is 4.65. The van der Waals surface area contributed by atoms with Crippen molar-refractivity contribution in [2.24, 2.45) is 0 Å². The van der Waals surface area contributed by atoms with Gasteiger partial charge in [0, 0.05) is 18.7 Å². The molecule has 1 heterocycles. The number of hydrogen-bond acceptors (Lipinski definition) is 5. The number of aliphatic hydroxyl groups excluding tert-OH is 2. The largest absolute Gasteiger partial charge is 0.573 e. The minimum atomic E-state index is -4.87. The van der Waals surface area contributed by atoms with Crippen molar-refractivity contribution in [3.05, 3.63) is 23.8 Å². The Morgan fingerprint density at radius 3 is 2.33 bits per heavy atom. The van der Waals surface area contributed by atoms with Crippen LogP contribution in [0.15, 0.2) is 18.2 Å². The van der Waals surface area contributed by atoms with Crippen LogP contribution in [-0.2, 0) is 0 Å². The van der Waals surface area contributed by atoms with E-state index in [0.29, 0.717) is 0 Å². The molecule has 4 N–H and O–H groups in total. The van der Waals surface area contributed by atoms with Gasteiger partial charge in [0.2, 0.25) is 0 Å². The molecule has 0 spiro atoms. The number of likely N-dealkylation sites (tertiary alicyclic amines) is 1. The Hall–Kier alpha value is -2.00. The van der Waals surface area contributed by atoms with Gasteiger partial charge in [-0.05, 0) is 18.2 Å². The van der Waals surface area contributed by atoms with Crippen molar-refractivity contribution in [2.45, 2.75) is 18.6 Å².